The average molecular weight is 442 g/mol. The summed E-state index contributed by atoms with van der Waals surface area (Å²) in [6.07, 6.45) is 4.58. The van der Waals surface area contributed by atoms with Crippen molar-refractivity contribution < 1.29 is 9.21 Å². The van der Waals surface area contributed by atoms with Crippen LogP contribution in [-0.4, -0.2) is 53.4 Å². The summed E-state index contributed by atoms with van der Waals surface area (Å²) in [5, 5.41) is 0.465. The molecule has 0 unspecified atom stereocenters. The highest BCUT2D eigenvalue weighted by Gasteiger charge is 2.24. The van der Waals surface area contributed by atoms with E-state index in [2.05, 4.69) is 25.8 Å². The fourth-order valence-electron chi connectivity index (χ4n) is 3.40. The molecule has 1 aliphatic rings. The van der Waals surface area contributed by atoms with E-state index >= 15 is 0 Å². The predicted molar refractivity (Wildman–Crippen MR) is 110 cm³/mol. The van der Waals surface area contributed by atoms with E-state index in [1.807, 2.05) is 24.5 Å². The quantitative estimate of drug-likeness (QED) is 0.622. The summed E-state index contributed by atoms with van der Waals surface area (Å²) in [7, 11) is 0. The van der Waals surface area contributed by atoms with Gasteiger partial charge in [0.1, 0.15) is 5.58 Å². The third kappa shape index (κ3) is 4.15. The van der Waals surface area contributed by atoms with Crippen molar-refractivity contribution in [3.05, 3.63) is 74.8 Å². The minimum Gasteiger partial charge on any atom is -0.451 e. The van der Waals surface area contributed by atoms with Crippen LogP contribution >= 0.6 is 15.9 Å². The second-order valence-corrected chi connectivity index (χ2v) is 7.77. The normalized spacial score (nSPS) is 15.1. The summed E-state index contributed by atoms with van der Waals surface area (Å²) < 4.78 is 6.51. The molecule has 1 aliphatic heterocycles. The van der Waals surface area contributed by atoms with Gasteiger partial charge in [0.25, 0.3) is 5.91 Å². The SMILES string of the molecule is O=C(c1cc(=O)c2cc(Br)ccc2o1)N1CCN(CCc2ccncc2)CC1. The zero-order valence-corrected chi connectivity index (χ0v) is 16.9. The third-order valence-corrected chi connectivity index (χ3v) is 5.52. The molecule has 0 aliphatic carbocycles. The van der Waals surface area contributed by atoms with Gasteiger partial charge >= 0.3 is 0 Å². The summed E-state index contributed by atoms with van der Waals surface area (Å²) >= 11 is 3.35. The minimum absolute atomic E-state index is 0.102. The Bertz CT molecular complexity index is 1040. The monoisotopic (exact) mass is 441 g/mol. The van der Waals surface area contributed by atoms with Gasteiger partial charge in [-0.15, -0.1) is 0 Å². The number of piperazine rings is 1. The number of nitrogens with zero attached hydrogens (tertiary/aromatic N) is 3. The fraction of sp³-hybridized carbons (Fsp3) is 0.286. The molecule has 7 heteroatoms. The molecule has 28 heavy (non-hydrogen) atoms. The molecule has 2 aromatic heterocycles. The Labute approximate surface area is 170 Å². The van der Waals surface area contributed by atoms with Gasteiger partial charge in [0.15, 0.2) is 11.2 Å². The second-order valence-electron chi connectivity index (χ2n) is 6.85. The van der Waals surface area contributed by atoms with E-state index in [0.717, 1.165) is 30.5 Å². The first-order valence-electron chi connectivity index (χ1n) is 9.24. The van der Waals surface area contributed by atoms with Gasteiger partial charge in [-0.25, -0.2) is 0 Å². The van der Waals surface area contributed by atoms with Crippen molar-refractivity contribution in [2.24, 2.45) is 0 Å². The summed E-state index contributed by atoms with van der Waals surface area (Å²) in [6.45, 7) is 3.81. The lowest BCUT2D eigenvalue weighted by molar-refractivity contribution is 0.0608. The van der Waals surface area contributed by atoms with E-state index < -0.39 is 0 Å². The maximum absolute atomic E-state index is 12.8. The Morgan fingerprint density at radius 3 is 2.57 bits per heavy atom. The molecule has 0 spiro atoms. The first kappa shape index (κ1) is 18.8. The molecule has 1 aromatic carbocycles. The number of carbonyl (C=O) groups is 1. The lowest BCUT2D eigenvalue weighted by Crippen LogP contribution is -2.49. The summed E-state index contributed by atoms with van der Waals surface area (Å²) in [5.74, 6) is -0.124. The highest BCUT2D eigenvalue weighted by Crippen LogP contribution is 2.19. The molecule has 0 N–H and O–H groups in total. The first-order valence-corrected chi connectivity index (χ1v) is 10.0. The highest BCUT2D eigenvalue weighted by atomic mass is 79.9. The van der Waals surface area contributed by atoms with Crippen LogP contribution in [0.25, 0.3) is 11.0 Å². The molecule has 0 bridgehead atoms. The molecule has 4 rings (SSSR count). The van der Waals surface area contributed by atoms with Crippen molar-refractivity contribution in [1.29, 1.82) is 0 Å². The molecule has 1 amide bonds. The Kier molecular flexibility index (Phi) is 5.54. The number of amides is 1. The lowest BCUT2D eigenvalue weighted by atomic mass is 10.2. The van der Waals surface area contributed by atoms with Crippen LogP contribution in [-0.2, 0) is 6.42 Å². The first-order chi connectivity index (χ1) is 13.6. The van der Waals surface area contributed by atoms with E-state index in [-0.39, 0.29) is 17.1 Å². The summed E-state index contributed by atoms with van der Waals surface area (Å²) in [6, 6.07) is 10.6. The van der Waals surface area contributed by atoms with Crippen molar-refractivity contribution in [1.82, 2.24) is 14.8 Å². The van der Waals surface area contributed by atoms with Gasteiger partial charge in [-0.3, -0.25) is 19.5 Å². The van der Waals surface area contributed by atoms with Crippen LogP contribution in [0, 0.1) is 0 Å². The topological polar surface area (TPSA) is 66.7 Å². The van der Waals surface area contributed by atoms with Gasteiger partial charge in [0.05, 0.1) is 5.39 Å². The van der Waals surface area contributed by atoms with Crippen molar-refractivity contribution in [3.8, 4) is 0 Å². The average Bonchev–Trinajstić information content (AvgIpc) is 2.73. The van der Waals surface area contributed by atoms with Crippen LogP contribution in [0.3, 0.4) is 0 Å². The molecule has 144 valence electrons. The molecule has 3 aromatic rings. The Hall–Kier alpha value is -2.51. The third-order valence-electron chi connectivity index (χ3n) is 5.03. The van der Waals surface area contributed by atoms with Crippen LogP contribution < -0.4 is 5.43 Å². The molecular weight excluding hydrogens is 422 g/mol. The number of aromatic nitrogens is 1. The smallest absolute Gasteiger partial charge is 0.289 e. The van der Waals surface area contributed by atoms with Gasteiger partial charge in [-0.1, -0.05) is 15.9 Å². The van der Waals surface area contributed by atoms with Crippen LogP contribution in [0.4, 0.5) is 0 Å². The molecule has 1 saturated heterocycles. The lowest BCUT2D eigenvalue weighted by Gasteiger charge is -2.34. The van der Waals surface area contributed by atoms with Crippen LogP contribution in [0.2, 0.25) is 0 Å². The Balaban J connectivity index is 1.39. The van der Waals surface area contributed by atoms with E-state index in [9.17, 15) is 9.59 Å². The standard InChI is InChI=1S/C21H20BrN3O3/c22-16-1-2-19-17(13-16)18(26)14-20(28-19)21(27)25-11-9-24(10-12-25)8-5-15-3-6-23-7-4-15/h1-4,6-7,13-14H,5,8-12H2. The van der Waals surface area contributed by atoms with Gasteiger partial charge in [-0.2, -0.15) is 0 Å². The summed E-state index contributed by atoms with van der Waals surface area (Å²) in [5.41, 5.74) is 1.48. The van der Waals surface area contributed by atoms with Crippen molar-refractivity contribution >= 4 is 32.8 Å². The van der Waals surface area contributed by atoms with E-state index in [1.165, 1.54) is 11.6 Å². The number of pyridine rings is 1. The Morgan fingerprint density at radius 2 is 1.82 bits per heavy atom. The Morgan fingerprint density at radius 1 is 1.07 bits per heavy atom. The molecule has 1 fully saturated rings. The molecule has 0 radical (unpaired) electrons. The van der Waals surface area contributed by atoms with Gasteiger partial charge in [0, 0.05) is 55.7 Å². The van der Waals surface area contributed by atoms with Crippen LogP contribution in [0.5, 0.6) is 0 Å². The van der Waals surface area contributed by atoms with Crippen molar-refractivity contribution in [3.63, 3.8) is 0 Å². The van der Waals surface area contributed by atoms with E-state index in [4.69, 9.17) is 4.42 Å². The molecule has 0 saturated carbocycles. The molecular formula is C21H20BrN3O3. The van der Waals surface area contributed by atoms with Gasteiger partial charge < -0.3 is 9.32 Å². The maximum Gasteiger partial charge on any atom is 0.289 e. The molecule has 3 heterocycles. The number of rotatable bonds is 4. The van der Waals surface area contributed by atoms with Crippen molar-refractivity contribution in [2.75, 3.05) is 32.7 Å². The largest absolute Gasteiger partial charge is 0.451 e. The number of halogens is 1. The second kappa shape index (κ2) is 8.24. The zero-order valence-electron chi connectivity index (χ0n) is 15.3. The maximum atomic E-state index is 12.8. The predicted octanol–water partition coefficient (Wildman–Crippen LogP) is 2.95. The van der Waals surface area contributed by atoms with Crippen molar-refractivity contribution in [2.45, 2.75) is 6.42 Å². The van der Waals surface area contributed by atoms with Crippen LogP contribution in [0.1, 0.15) is 16.1 Å². The van der Waals surface area contributed by atoms with E-state index in [1.54, 1.807) is 23.1 Å². The van der Waals surface area contributed by atoms with Gasteiger partial charge in [0.2, 0.25) is 0 Å². The van der Waals surface area contributed by atoms with Gasteiger partial charge in [-0.05, 0) is 42.3 Å². The van der Waals surface area contributed by atoms with E-state index in [0.29, 0.717) is 24.1 Å². The summed E-state index contributed by atoms with van der Waals surface area (Å²) in [4.78, 5) is 33.3. The molecule has 6 nitrogen and oxygen atoms in total. The fourth-order valence-corrected chi connectivity index (χ4v) is 3.76. The number of fused-ring (bicyclic) bond motifs is 1. The number of hydrogen-bond donors (Lipinski definition) is 0. The molecule has 0 atom stereocenters. The zero-order chi connectivity index (χ0) is 19.5. The highest BCUT2D eigenvalue weighted by molar-refractivity contribution is 9.10. The number of carbonyl (C=O) groups excluding carboxylic acids is 1. The number of hydrogen-bond acceptors (Lipinski definition) is 5. The number of benzene rings is 1. The minimum atomic E-state index is -0.226. The van der Waals surface area contributed by atoms with Crippen LogP contribution in [0.15, 0.2) is 62.5 Å².